The van der Waals surface area contributed by atoms with Gasteiger partial charge in [-0.25, -0.2) is 5.43 Å². The van der Waals surface area contributed by atoms with Crippen LogP contribution in [-0.4, -0.2) is 22.8 Å². The highest BCUT2D eigenvalue weighted by atomic mass is 16.3. The van der Waals surface area contributed by atoms with Gasteiger partial charge in [-0.2, -0.15) is 5.10 Å². The van der Waals surface area contributed by atoms with Gasteiger partial charge in [0, 0.05) is 18.6 Å². The van der Waals surface area contributed by atoms with E-state index in [0.717, 1.165) is 18.6 Å². The highest BCUT2D eigenvalue weighted by Crippen LogP contribution is 2.14. The second-order valence-corrected chi connectivity index (χ2v) is 6.54. The van der Waals surface area contributed by atoms with Crippen molar-refractivity contribution in [3.8, 4) is 0 Å². The van der Waals surface area contributed by atoms with Crippen LogP contribution in [0.4, 0.5) is 0 Å². The molecule has 0 spiro atoms. The number of hydrazone groups is 1. The van der Waals surface area contributed by atoms with E-state index in [1.807, 2.05) is 0 Å². The molecule has 1 amide bonds. The molecule has 1 atom stereocenters. The van der Waals surface area contributed by atoms with Crippen LogP contribution in [0.5, 0.6) is 0 Å². The van der Waals surface area contributed by atoms with E-state index in [1.165, 1.54) is 57.8 Å². The predicted octanol–water partition coefficient (Wildman–Crippen LogP) is 4.31. The molecule has 0 aromatic carbocycles. The summed E-state index contributed by atoms with van der Waals surface area (Å²) in [5.74, 6) is -0.0204. The third-order valence-corrected chi connectivity index (χ3v) is 4.34. The van der Waals surface area contributed by atoms with Gasteiger partial charge in [0.05, 0.1) is 6.10 Å². The van der Waals surface area contributed by atoms with Gasteiger partial charge >= 0.3 is 0 Å². The standard InChI is InChI=1S/C18H34N2O2/c1-2-3-4-5-6-7-8-9-10-11-12-17(21)15-16-13-14-18(22)20-19-16/h17,21H,2-15H2,1H3,(H,20,22). The first-order chi connectivity index (χ1) is 10.7. The lowest BCUT2D eigenvalue weighted by Crippen LogP contribution is -2.27. The molecule has 1 aliphatic heterocycles. The molecule has 1 rings (SSSR count). The number of rotatable bonds is 13. The number of unbranched alkanes of at least 4 members (excludes halogenated alkanes) is 9. The van der Waals surface area contributed by atoms with Gasteiger partial charge in [0.2, 0.25) is 5.91 Å². The van der Waals surface area contributed by atoms with Gasteiger partial charge in [-0.3, -0.25) is 4.79 Å². The summed E-state index contributed by atoms with van der Waals surface area (Å²) in [6, 6.07) is 0. The van der Waals surface area contributed by atoms with E-state index in [-0.39, 0.29) is 12.0 Å². The molecule has 2 N–H and O–H groups in total. The van der Waals surface area contributed by atoms with Crippen LogP contribution in [0.1, 0.15) is 96.8 Å². The molecule has 22 heavy (non-hydrogen) atoms. The summed E-state index contributed by atoms with van der Waals surface area (Å²) in [4.78, 5) is 11.0. The van der Waals surface area contributed by atoms with Crippen LogP contribution in [0.25, 0.3) is 0 Å². The number of nitrogens with one attached hydrogen (secondary N) is 1. The maximum absolute atomic E-state index is 11.0. The van der Waals surface area contributed by atoms with Gasteiger partial charge in [-0.1, -0.05) is 71.1 Å². The highest BCUT2D eigenvalue weighted by Gasteiger charge is 2.14. The zero-order valence-corrected chi connectivity index (χ0v) is 14.3. The van der Waals surface area contributed by atoms with Gasteiger partial charge in [-0.15, -0.1) is 0 Å². The Labute approximate surface area is 135 Å². The molecule has 1 unspecified atom stereocenters. The van der Waals surface area contributed by atoms with Crippen LogP contribution in [0.2, 0.25) is 0 Å². The number of amides is 1. The number of hydrogen-bond acceptors (Lipinski definition) is 3. The van der Waals surface area contributed by atoms with Crippen LogP contribution in [0.3, 0.4) is 0 Å². The van der Waals surface area contributed by atoms with Crippen molar-refractivity contribution < 1.29 is 9.90 Å². The van der Waals surface area contributed by atoms with Crippen molar-refractivity contribution in [3.05, 3.63) is 0 Å². The Balaban J connectivity index is 1.88. The summed E-state index contributed by atoms with van der Waals surface area (Å²) in [6.07, 6.45) is 15.5. The lowest BCUT2D eigenvalue weighted by atomic mass is 10.0. The zero-order valence-electron chi connectivity index (χ0n) is 14.3. The Hall–Kier alpha value is -0.900. The Morgan fingerprint density at radius 1 is 1.00 bits per heavy atom. The highest BCUT2D eigenvalue weighted by molar-refractivity contribution is 5.92. The SMILES string of the molecule is CCCCCCCCCCCCC(O)CC1=NNC(=O)CC1. The topological polar surface area (TPSA) is 61.7 Å². The maximum atomic E-state index is 11.0. The fourth-order valence-corrected chi connectivity index (χ4v) is 2.90. The number of carbonyl (C=O) groups excluding carboxylic acids is 1. The molecule has 0 saturated carbocycles. The molecule has 0 aromatic heterocycles. The molecule has 128 valence electrons. The third kappa shape index (κ3) is 9.93. The van der Waals surface area contributed by atoms with Crippen LogP contribution in [0, 0.1) is 0 Å². The Bertz CT molecular complexity index is 329. The minimum atomic E-state index is -0.303. The van der Waals surface area contributed by atoms with Crippen molar-refractivity contribution in [1.82, 2.24) is 5.43 Å². The van der Waals surface area contributed by atoms with E-state index in [0.29, 0.717) is 19.3 Å². The summed E-state index contributed by atoms with van der Waals surface area (Å²) in [7, 11) is 0. The van der Waals surface area contributed by atoms with E-state index in [2.05, 4.69) is 17.5 Å². The average molecular weight is 310 g/mol. The summed E-state index contributed by atoms with van der Waals surface area (Å²) in [5.41, 5.74) is 3.41. The Morgan fingerprint density at radius 2 is 1.59 bits per heavy atom. The molecule has 0 fully saturated rings. The van der Waals surface area contributed by atoms with Crippen molar-refractivity contribution in [2.24, 2.45) is 5.10 Å². The smallest absolute Gasteiger partial charge is 0.240 e. The van der Waals surface area contributed by atoms with Gasteiger partial charge < -0.3 is 5.11 Å². The van der Waals surface area contributed by atoms with Gasteiger partial charge in [0.1, 0.15) is 0 Å². The molecule has 4 nitrogen and oxygen atoms in total. The van der Waals surface area contributed by atoms with Crippen LogP contribution in [0.15, 0.2) is 5.10 Å². The fraction of sp³-hybridized carbons (Fsp3) is 0.889. The van der Waals surface area contributed by atoms with Crippen molar-refractivity contribution in [2.45, 2.75) is 103 Å². The molecule has 4 heteroatoms. The molecule has 1 aliphatic rings. The summed E-state index contributed by atoms with van der Waals surface area (Å²) < 4.78 is 0. The molecular formula is C18H34N2O2. The molecule has 0 saturated heterocycles. The van der Waals surface area contributed by atoms with Gasteiger partial charge in [0.25, 0.3) is 0 Å². The summed E-state index contributed by atoms with van der Waals surface area (Å²) in [6.45, 7) is 2.26. The summed E-state index contributed by atoms with van der Waals surface area (Å²) in [5, 5.41) is 14.0. The lowest BCUT2D eigenvalue weighted by molar-refractivity contribution is -0.121. The average Bonchev–Trinajstić information content (AvgIpc) is 2.51. The van der Waals surface area contributed by atoms with Crippen molar-refractivity contribution >= 4 is 11.6 Å². The second kappa shape index (κ2) is 12.6. The number of hydrogen-bond donors (Lipinski definition) is 2. The normalized spacial score (nSPS) is 16.3. The minimum absolute atomic E-state index is 0.0204. The zero-order chi connectivity index (χ0) is 16.0. The third-order valence-electron chi connectivity index (χ3n) is 4.34. The largest absolute Gasteiger partial charge is 0.393 e. The fourth-order valence-electron chi connectivity index (χ4n) is 2.90. The first-order valence-corrected chi connectivity index (χ1v) is 9.24. The van der Waals surface area contributed by atoms with E-state index in [9.17, 15) is 9.90 Å². The van der Waals surface area contributed by atoms with Gasteiger partial charge in [-0.05, 0) is 12.8 Å². The van der Waals surface area contributed by atoms with Crippen molar-refractivity contribution in [2.75, 3.05) is 0 Å². The number of nitrogens with zero attached hydrogens (tertiary/aromatic N) is 1. The molecule has 0 aliphatic carbocycles. The molecule has 0 radical (unpaired) electrons. The lowest BCUT2D eigenvalue weighted by Gasteiger charge is -2.15. The van der Waals surface area contributed by atoms with Crippen LogP contribution in [-0.2, 0) is 4.79 Å². The number of carbonyl (C=O) groups is 1. The van der Waals surface area contributed by atoms with E-state index in [1.54, 1.807) is 0 Å². The first-order valence-electron chi connectivity index (χ1n) is 9.24. The molecule has 0 aromatic rings. The van der Waals surface area contributed by atoms with Crippen molar-refractivity contribution in [1.29, 1.82) is 0 Å². The Kier molecular flexibility index (Phi) is 11.0. The van der Waals surface area contributed by atoms with Gasteiger partial charge in [0.15, 0.2) is 0 Å². The molecular weight excluding hydrogens is 276 g/mol. The Morgan fingerprint density at radius 3 is 2.14 bits per heavy atom. The quantitative estimate of drug-likeness (QED) is 0.498. The van der Waals surface area contributed by atoms with E-state index >= 15 is 0 Å². The van der Waals surface area contributed by atoms with Crippen LogP contribution < -0.4 is 5.43 Å². The molecule has 0 bridgehead atoms. The van der Waals surface area contributed by atoms with Crippen molar-refractivity contribution in [3.63, 3.8) is 0 Å². The minimum Gasteiger partial charge on any atom is -0.393 e. The predicted molar refractivity (Wildman–Crippen MR) is 91.9 cm³/mol. The monoisotopic (exact) mass is 310 g/mol. The van der Waals surface area contributed by atoms with E-state index < -0.39 is 0 Å². The first kappa shape index (κ1) is 19.1. The number of aliphatic hydroxyl groups excluding tert-OH is 1. The summed E-state index contributed by atoms with van der Waals surface area (Å²) >= 11 is 0. The molecule has 1 heterocycles. The second-order valence-electron chi connectivity index (χ2n) is 6.54. The number of aliphatic hydroxyl groups is 1. The van der Waals surface area contributed by atoms with E-state index in [4.69, 9.17) is 0 Å². The maximum Gasteiger partial charge on any atom is 0.240 e. The van der Waals surface area contributed by atoms with Crippen LogP contribution >= 0.6 is 0 Å².